The van der Waals surface area contributed by atoms with Gasteiger partial charge in [0.25, 0.3) is 5.91 Å². The number of amides is 1. The van der Waals surface area contributed by atoms with E-state index >= 15 is 0 Å². The van der Waals surface area contributed by atoms with Crippen molar-refractivity contribution in [3.8, 4) is 6.07 Å². The van der Waals surface area contributed by atoms with Gasteiger partial charge in [-0.25, -0.2) is 0 Å². The fraction of sp³-hybridized carbons (Fsp3) is 0. The molecule has 0 aliphatic heterocycles. The Kier molecular flexibility index (Phi) is 12.2. The molecule has 0 aromatic heterocycles. The Morgan fingerprint density at radius 3 is 2.11 bits per heavy atom. The van der Waals surface area contributed by atoms with Gasteiger partial charge in [-0.3, -0.25) is 4.79 Å². The van der Waals surface area contributed by atoms with Crippen LogP contribution in [0.3, 0.4) is 0 Å². The maximum absolute atomic E-state index is 11.5. The molecule has 0 saturated heterocycles. The first kappa shape index (κ1) is 21.0. The Hall–Kier alpha value is 0.650. The van der Waals surface area contributed by atoms with Crippen LogP contribution >= 0.6 is 11.6 Å². The molecule has 1 rings (SSSR count). The molecule has 1 aromatic carbocycles. The summed E-state index contributed by atoms with van der Waals surface area (Å²) in [6.07, 6.45) is 0. The van der Waals surface area contributed by atoms with Crippen LogP contribution in [0.4, 0.5) is 5.69 Å². The third kappa shape index (κ3) is 6.71. The van der Waals surface area contributed by atoms with E-state index in [0.717, 1.165) is 0 Å². The minimum absolute atomic E-state index is 0. The van der Waals surface area contributed by atoms with Crippen LogP contribution < -0.4 is 64.4 Å². The van der Waals surface area contributed by atoms with Crippen molar-refractivity contribution < 1.29 is 63.9 Å². The van der Waals surface area contributed by atoms with Crippen LogP contribution in [-0.4, -0.2) is 5.91 Å². The molecule has 82 valence electrons. The molecule has 1 aromatic rings. The summed E-state index contributed by atoms with van der Waals surface area (Å²) in [6.45, 7) is 0. The molecule has 0 aliphatic carbocycles. The molecule has 18 heavy (non-hydrogen) atoms. The summed E-state index contributed by atoms with van der Waals surface area (Å²) in [5.74, 6) is -0.607. The van der Waals surface area contributed by atoms with Gasteiger partial charge in [-0.05, 0) is 24.3 Å². The Labute approximate surface area is 166 Å². The van der Waals surface area contributed by atoms with E-state index in [-0.39, 0.29) is 68.9 Å². The number of nitrogens with one attached hydrogen (secondary N) is 1. The molecule has 0 bridgehead atoms. The van der Waals surface area contributed by atoms with E-state index in [9.17, 15) is 4.79 Å². The number of benzene rings is 1. The fourth-order valence-electron chi connectivity index (χ4n) is 0.916. The van der Waals surface area contributed by atoms with E-state index in [1.165, 1.54) is 0 Å². The van der Waals surface area contributed by atoms with E-state index in [1.807, 2.05) is 0 Å². The molecule has 0 spiro atoms. The van der Waals surface area contributed by atoms with Crippen LogP contribution in [0.25, 0.3) is 0 Å². The number of carbonyl (C=O) groups is 1. The Balaban J connectivity index is 0. The van der Waals surface area contributed by atoms with Gasteiger partial charge in [-0.15, -0.1) is 0 Å². The number of rotatable bonds is 2. The molecular formula is C10H5ClN2Na2OS2. The van der Waals surface area contributed by atoms with Crippen LogP contribution in [-0.2, 0) is 30.1 Å². The Morgan fingerprint density at radius 1 is 1.22 bits per heavy atom. The second kappa shape index (κ2) is 10.4. The molecule has 1 amide bonds. The van der Waals surface area contributed by atoms with E-state index < -0.39 is 5.91 Å². The maximum Gasteiger partial charge on any atom is 1.00 e. The number of anilines is 1. The first-order valence-corrected chi connectivity index (χ1v) is 5.29. The van der Waals surface area contributed by atoms with Crippen molar-refractivity contribution in [2.24, 2.45) is 0 Å². The average Bonchev–Trinajstić information content (AvgIpc) is 2.22. The number of hydrogen-bond donors (Lipinski definition) is 1. The second-order valence-electron chi connectivity index (χ2n) is 2.74. The summed E-state index contributed by atoms with van der Waals surface area (Å²) < 4.78 is -0.144. The van der Waals surface area contributed by atoms with Crippen molar-refractivity contribution in [2.75, 3.05) is 5.32 Å². The molecule has 8 heteroatoms. The number of hydrogen-bond acceptors (Lipinski definition) is 4. The van der Waals surface area contributed by atoms with Crippen LogP contribution in [0.1, 0.15) is 0 Å². The molecule has 0 radical (unpaired) electrons. The monoisotopic (exact) mass is 314 g/mol. The summed E-state index contributed by atoms with van der Waals surface area (Å²) in [4.78, 5) is 11.5. The molecule has 0 aliphatic rings. The van der Waals surface area contributed by atoms with Crippen LogP contribution in [0, 0.1) is 11.3 Å². The average molecular weight is 315 g/mol. The first-order chi connectivity index (χ1) is 7.54. The van der Waals surface area contributed by atoms with Crippen molar-refractivity contribution in [2.45, 2.75) is 0 Å². The molecule has 0 unspecified atom stereocenters. The van der Waals surface area contributed by atoms with Crippen LogP contribution in [0.2, 0.25) is 5.02 Å². The predicted molar refractivity (Wildman–Crippen MR) is 67.5 cm³/mol. The maximum atomic E-state index is 11.5. The quantitative estimate of drug-likeness (QED) is 0.263. The van der Waals surface area contributed by atoms with Gasteiger partial charge in [0.1, 0.15) is 6.07 Å². The third-order valence-electron chi connectivity index (χ3n) is 1.65. The normalized spacial score (nSPS) is 8.00. The van der Waals surface area contributed by atoms with Crippen molar-refractivity contribution in [3.63, 3.8) is 0 Å². The minimum Gasteiger partial charge on any atom is -0.806 e. The molecule has 0 fully saturated rings. The van der Waals surface area contributed by atoms with Gasteiger partial charge in [-0.1, -0.05) is 11.6 Å². The van der Waals surface area contributed by atoms with Gasteiger partial charge in [0, 0.05) is 10.7 Å². The summed E-state index contributed by atoms with van der Waals surface area (Å²) in [6, 6.07) is 8.13. The molecule has 3 nitrogen and oxygen atoms in total. The van der Waals surface area contributed by atoms with E-state index in [1.54, 1.807) is 30.3 Å². The Morgan fingerprint density at radius 2 is 1.72 bits per heavy atom. The van der Waals surface area contributed by atoms with Crippen LogP contribution in [0.5, 0.6) is 0 Å². The zero-order chi connectivity index (χ0) is 12.1. The van der Waals surface area contributed by atoms with Crippen molar-refractivity contribution in [3.05, 3.63) is 39.1 Å². The van der Waals surface area contributed by atoms with Gasteiger partial charge < -0.3 is 34.8 Å². The number of nitriles is 1. The van der Waals surface area contributed by atoms with Gasteiger partial charge in [0.15, 0.2) is 0 Å². The smallest absolute Gasteiger partial charge is 0.806 e. The summed E-state index contributed by atoms with van der Waals surface area (Å²) in [7, 11) is 0. The zero-order valence-electron chi connectivity index (χ0n) is 9.86. The summed E-state index contributed by atoms with van der Waals surface area (Å²) >= 11 is 14.9. The summed E-state index contributed by atoms with van der Waals surface area (Å²) in [5, 5.41) is 11.7. The SMILES string of the molecule is N#CC(C(=O)Nc1ccc(Cl)cc1)=C([S-])[S-].[Na+].[Na+]. The number of carbonyl (C=O) groups excluding carboxylic acids is 1. The third-order valence-corrected chi connectivity index (χ3v) is 2.31. The Bertz CT molecular complexity index is 482. The molecule has 0 atom stereocenters. The van der Waals surface area contributed by atoms with E-state index in [0.29, 0.717) is 10.7 Å². The largest absolute Gasteiger partial charge is 1.00 e. The summed E-state index contributed by atoms with van der Waals surface area (Å²) in [5.41, 5.74) is 0.286. The second-order valence-corrected chi connectivity index (χ2v) is 4.25. The fourth-order valence-corrected chi connectivity index (χ4v) is 1.32. The van der Waals surface area contributed by atoms with Crippen molar-refractivity contribution >= 4 is 48.5 Å². The molecule has 0 heterocycles. The molecule has 1 N–H and O–H groups in total. The van der Waals surface area contributed by atoms with E-state index in [4.69, 9.17) is 16.9 Å². The van der Waals surface area contributed by atoms with E-state index in [2.05, 4.69) is 30.6 Å². The van der Waals surface area contributed by atoms with Gasteiger partial charge in [0.05, 0.1) is 5.57 Å². The van der Waals surface area contributed by atoms with Crippen LogP contribution in [0.15, 0.2) is 34.1 Å². The van der Waals surface area contributed by atoms with Crippen molar-refractivity contribution in [1.29, 1.82) is 5.26 Å². The van der Waals surface area contributed by atoms with Gasteiger partial charge >= 0.3 is 59.1 Å². The standard InChI is InChI=1S/C10H7ClN2OS2.2Na/c11-6-1-3-7(4-2-6)13-9(14)8(5-12)10(15)16;;/h1-4,15-16H,(H,13,14);;/q;2*+1/p-2. The van der Waals surface area contributed by atoms with Gasteiger partial charge in [0.2, 0.25) is 0 Å². The predicted octanol–water partition coefficient (Wildman–Crippen LogP) is -3.88. The number of halogens is 1. The number of nitrogens with zero attached hydrogens (tertiary/aromatic N) is 1. The topological polar surface area (TPSA) is 52.9 Å². The molecule has 0 saturated carbocycles. The zero-order valence-corrected chi connectivity index (χ0v) is 16.2. The molecular weight excluding hydrogens is 310 g/mol. The van der Waals surface area contributed by atoms with Gasteiger partial charge in [-0.2, -0.15) is 5.26 Å². The van der Waals surface area contributed by atoms with Crippen molar-refractivity contribution in [1.82, 2.24) is 0 Å². The first-order valence-electron chi connectivity index (χ1n) is 4.10. The minimum atomic E-state index is -0.607.